The zero-order valence-electron chi connectivity index (χ0n) is 15.9. The first-order valence-electron chi connectivity index (χ1n) is 9.22. The highest BCUT2D eigenvalue weighted by Crippen LogP contribution is 2.13. The molecule has 0 bridgehead atoms. The molecule has 0 aliphatic rings. The molecule has 30 heavy (non-hydrogen) atoms. The highest BCUT2D eigenvalue weighted by atomic mass is 19.1. The Bertz CT molecular complexity index is 1120. The van der Waals surface area contributed by atoms with Crippen molar-refractivity contribution in [2.45, 2.75) is 25.9 Å². The third-order valence-electron chi connectivity index (χ3n) is 4.33. The van der Waals surface area contributed by atoms with Crippen LogP contribution in [0.25, 0.3) is 0 Å². The molecule has 0 fully saturated rings. The summed E-state index contributed by atoms with van der Waals surface area (Å²) in [5.74, 6) is -1.02. The summed E-state index contributed by atoms with van der Waals surface area (Å²) in [5.41, 5.74) is 0.566. The van der Waals surface area contributed by atoms with Crippen molar-refractivity contribution < 1.29 is 14.0 Å². The van der Waals surface area contributed by atoms with Gasteiger partial charge in [-0.05, 0) is 48.4 Å². The first-order chi connectivity index (χ1) is 14.4. The van der Waals surface area contributed by atoms with Gasteiger partial charge in [0.05, 0.1) is 0 Å². The van der Waals surface area contributed by atoms with Gasteiger partial charge < -0.3 is 10.6 Å². The number of carbonyl (C=O) groups is 2. The van der Waals surface area contributed by atoms with Crippen molar-refractivity contribution >= 4 is 17.5 Å². The summed E-state index contributed by atoms with van der Waals surface area (Å²) in [7, 11) is 0. The van der Waals surface area contributed by atoms with Gasteiger partial charge in [0.15, 0.2) is 0 Å². The number of rotatable bonds is 8. The molecule has 1 heterocycles. The number of anilines is 1. The molecule has 0 saturated carbocycles. The van der Waals surface area contributed by atoms with Crippen LogP contribution in [0.1, 0.15) is 28.8 Å². The fourth-order valence-corrected chi connectivity index (χ4v) is 2.79. The number of hydrogen-bond donors (Lipinski definition) is 4. The van der Waals surface area contributed by atoms with Crippen LogP contribution in [0, 0.1) is 5.82 Å². The Hall–Kier alpha value is -3.95. The Morgan fingerprint density at radius 1 is 1.00 bits per heavy atom. The van der Waals surface area contributed by atoms with Crippen molar-refractivity contribution in [2.24, 2.45) is 0 Å². The van der Waals surface area contributed by atoms with Crippen molar-refractivity contribution in [1.82, 2.24) is 20.1 Å². The van der Waals surface area contributed by atoms with Crippen molar-refractivity contribution in [2.75, 3.05) is 5.32 Å². The van der Waals surface area contributed by atoms with Gasteiger partial charge in [-0.3, -0.25) is 9.59 Å². The molecule has 0 radical (unpaired) electrons. The first kappa shape index (κ1) is 20.8. The third-order valence-corrected chi connectivity index (χ3v) is 4.33. The highest BCUT2D eigenvalue weighted by Gasteiger charge is 2.08. The molecule has 2 aromatic carbocycles. The predicted octanol–water partition coefficient (Wildman–Crippen LogP) is 1.35. The number of nitrogens with one attached hydrogen (secondary N) is 4. The number of H-pyrrole nitrogens is 2. The zero-order valence-corrected chi connectivity index (χ0v) is 15.9. The van der Waals surface area contributed by atoms with Gasteiger partial charge in [0.25, 0.3) is 5.91 Å². The van der Waals surface area contributed by atoms with Gasteiger partial charge in [0.2, 0.25) is 5.91 Å². The van der Waals surface area contributed by atoms with Crippen LogP contribution in [-0.4, -0.2) is 26.6 Å². The molecule has 0 unspecified atom stereocenters. The largest absolute Gasteiger partial charge is 0.352 e. The lowest BCUT2D eigenvalue weighted by atomic mass is 10.1. The van der Waals surface area contributed by atoms with Crippen molar-refractivity contribution in [3.05, 3.63) is 86.4 Å². The van der Waals surface area contributed by atoms with Crippen LogP contribution in [0.4, 0.5) is 10.1 Å². The van der Waals surface area contributed by atoms with E-state index in [1.807, 2.05) is 0 Å². The molecule has 9 nitrogen and oxygen atoms in total. The maximum absolute atomic E-state index is 13.0. The monoisotopic (exact) mass is 413 g/mol. The first-order valence-corrected chi connectivity index (χ1v) is 9.22. The van der Waals surface area contributed by atoms with Crippen LogP contribution >= 0.6 is 0 Å². The van der Waals surface area contributed by atoms with E-state index < -0.39 is 17.2 Å². The number of halogens is 1. The molecule has 2 amide bonds. The van der Waals surface area contributed by atoms with Gasteiger partial charge >= 0.3 is 11.4 Å². The molecule has 3 rings (SSSR count). The second kappa shape index (κ2) is 9.50. The minimum atomic E-state index is -0.542. The van der Waals surface area contributed by atoms with Gasteiger partial charge in [0, 0.05) is 30.8 Å². The number of carbonyl (C=O) groups excluding carboxylic acids is 2. The Kier molecular flexibility index (Phi) is 6.58. The summed E-state index contributed by atoms with van der Waals surface area (Å²) in [6, 6.07) is 12.2. The smallest absolute Gasteiger partial charge is 0.344 e. The SMILES string of the molecule is O=C(CCCn1c(=O)[nH][nH]c1=O)NCc1cccc(NC(=O)c2ccc(F)cc2)c1. The van der Waals surface area contributed by atoms with E-state index in [9.17, 15) is 23.6 Å². The number of hydrogen-bond acceptors (Lipinski definition) is 4. The predicted molar refractivity (Wildman–Crippen MR) is 108 cm³/mol. The molecule has 0 aliphatic heterocycles. The minimum absolute atomic E-state index is 0.135. The van der Waals surface area contributed by atoms with Gasteiger partial charge in [0.1, 0.15) is 5.82 Å². The fraction of sp³-hybridized carbons (Fsp3) is 0.200. The second-order valence-corrected chi connectivity index (χ2v) is 6.55. The topological polar surface area (TPSA) is 129 Å². The van der Waals surface area contributed by atoms with Crippen LogP contribution in [0.5, 0.6) is 0 Å². The number of aromatic nitrogens is 3. The van der Waals surface area contributed by atoms with E-state index in [0.29, 0.717) is 17.7 Å². The Morgan fingerprint density at radius 2 is 1.70 bits per heavy atom. The average molecular weight is 413 g/mol. The Labute approximate surface area is 169 Å². The molecule has 0 spiro atoms. The molecular formula is C20H20FN5O4. The molecular weight excluding hydrogens is 393 g/mol. The molecule has 1 aromatic heterocycles. The van der Waals surface area contributed by atoms with E-state index in [0.717, 1.165) is 10.1 Å². The summed E-state index contributed by atoms with van der Waals surface area (Å²) in [6.07, 6.45) is 0.485. The highest BCUT2D eigenvalue weighted by molar-refractivity contribution is 6.04. The Balaban J connectivity index is 1.48. The minimum Gasteiger partial charge on any atom is -0.352 e. The van der Waals surface area contributed by atoms with Crippen molar-refractivity contribution in [1.29, 1.82) is 0 Å². The van der Waals surface area contributed by atoms with E-state index in [1.54, 1.807) is 24.3 Å². The lowest BCUT2D eigenvalue weighted by Gasteiger charge is -2.09. The Morgan fingerprint density at radius 3 is 2.40 bits per heavy atom. The molecule has 4 N–H and O–H groups in total. The van der Waals surface area contributed by atoms with Crippen LogP contribution in [-0.2, 0) is 17.9 Å². The quantitative estimate of drug-likeness (QED) is 0.444. The summed E-state index contributed by atoms with van der Waals surface area (Å²) in [4.78, 5) is 46.9. The second-order valence-electron chi connectivity index (χ2n) is 6.55. The van der Waals surface area contributed by atoms with E-state index in [-0.39, 0.29) is 31.3 Å². The lowest BCUT2D eigenvalue weighted by Crippen LogP contribution is -2.28. The molecule has 10 heteroatoms. The van der Waals surface area contributed by atoms with E-state index in [4.69, 9.17) is 0 Å². The van der Waals surface area contributed by atoms with Gasteiger partial charge in [-0.15, -0.1) is 0 Å². The number of aromatic amines is 2. The standard InChI is InChI=1S/C20H20FN5O4/c21-15-8-6-14(7-9-15)18(28)23-16-4-1-3-13(11-16)12-22-17(27)5-2-10-26-19(29)24-25-20(26)30/h1,3-4,6-9,11H,2,5,10,12H2,(H,22,27)(H,23,28)(H,24,29)(H,25,30). The average Bonchev–Trinajstić information content (AvgIpc) is 3.05. The van der Waals surface area contributed by atoms with Crippen molar-refractivity contribution in [3.8, 4) is 0 Å². The third kappa shape index (κ3) is 5.53. The fourth-order valence-electron chi connectivity index (χ4n) is 2.79. The van der Waals surface area contributed by atoms with Crippen molar-refractivity contribution in [3.63, 3.8) is 0 Å². The molecule has 0 atom stereocenters. The van der Waals surface area contributed by atoms with Gasteiger partial charge in [-0.2, -0.15) is 0 Å². The number of benzene rings is 2. The maximum atomic E-state index is 13.0. The normalized spacial score (nSPS) is 10.6. The molecule has 0 saturated heterocycles. The van der Waals surface area contributed by atoms with Gasteiger partial charge in [-0.25, -0.2) is 28.7 Å². The van der Waals surface area contributed by atoms with E-state index >= 15 is 0 Å². The summed E-state index contributed by atoms with van der Waals surface area (Å²) >= 11 is 0. The van der Waals surface area contributed by atoms with E-state index in [2.05, 4.69) is 20.8 Å². The molecule has 3 aromatic rings. The van der Waals surface area contributed by atoms with Crippen LogP contribution in [0.15, 0.2) is 58.1 Å². The zero-order chi connectivity index (χ0) is 21.5. The van der Waals surface area contributed by atoms with E-state index in [1.165, 1.54) is 24.3 Å². The maximum Gasteiger partial charge on any atom is 0.344 e. The number of amides is 2. The summed E-state index contributed by atoms with van der Waals surface area (Å²) in [5, 5.41) is 9.83. The van der Waals surface area contributed by atoms with Crippen LogP contribution in [0.3, 0.4) is 0 Å². The van der Waals surface area contributed by atoms with Gasteiger partial charge in [-0.1, -0.05) is 12.1 Å². The summed E-state index contributed by atoms with van der Waals surface area (Å²) < 4.78 is 14.0. The summed E-state index contributed by atoms with van der Waals surface area (Å²) in [6.45, 7) is 0.389. The van der Waals surface area contributed by atoms with Crippen LogP contribution in [0.2, 0.25) is 0 Å². The van der Waals surface area contributed by atoms with Crippen LogP contribution < -0.4 is 22.0 Å². The lowest BCUT2D eigenvalue weighted by molar-refractivity contribution is -0.121. The molecule has 156 valence electrons. The molecule has 0 aliphatic carbocycles. The number of nitrogens with zero attached hydrogens (tertiary/aromatic N) is 1.